The molecular formula is C40H60Cl2F2N4O4. The first-order valence-electron chi connectivity index (χ1n) is 19.5. The predicted octanol–water partition coefficient (Wildman–Crippen LogP) is 8.65. The first kappa shape index (κ1) is 41.7. The van der Waals surface area contributed by atoms with Crippen molar-refractivity contribution in [2.45, 2.75) is 113 Å². The van der Waals surface area contributed by atoms with E-state index in [1.165, 1.54) is 63.1 Å². The van der Waals surface area contributed by atoms with Crippen molar-refractivity contribution in [1.82, 2.24) is 20.6 Å². The van der Waals surface area contributed by atoms with Gasteiger partial charge in [0.15, 0.2) is 0 Å². The first-order valence-corrected chi connectivity index (χ1v) is 20.2. The van der Waals surface area contributed by atoms with Gasteiger partial charge in [0, 0.05) is 63.6 Å². The Kier molecular flexibility index (Phi) is 16.8. The van der Waals surface area contributed by atoms with Crippen LogP contribution in [0.3, 0.4) is 0 Å². The molecule has 6 rings (SSSR count). The Labute approximate surface area is 319 Å². The highest BCUT2D eigenvalue weighted by Gasteiger charge is 2.34. The summed E-state index contributed by atoms with van der Waals surface area (Å²) in [6.07, 6.45) is 18.1. The minimum absolute atomic E-state index is 0.0791. The Hall–Kier alpha value is -1.50. The van der Waals surface area contributed by atoms with E-state index in [0.717, 1.165) is 127 Å². The van der Waals surface area contributed by atoms with Crippen LogP contribution in [0.15, 0.2) is 24.5 Å². The lowest BCUT2D eigenvalue weighted by atomic mass is 9.79. The predicted molar refractivity (Wildman–Crippen MR) is 202 cm³/mol. The maximum Gasteiger partial charge on any atom is 0.142 e. The fourth-order valence-electron chi connectivity index (χ4n) is 8.80. The molecule has 0 aromatic carbocycles. The Balaban J connectivity index is 0.000000201. The Morgan fingerprint density at radius 3 is 1.35 bits per heavy atom. The van der Waals surface area contributed by atoms with Gasteiger partial charge >= 0.3 is 0 Å². The fourth-order valence-corrected chi connectivity index (χ4v) is 9.42. The minimum atomic E-state index is -0.364. The smallest absolute Gasteiger partial charge is 0.142 e. The maximum atomic E-state index is 13.2. The third kappa shape index (κ3) is 12.3. The van der Waals surface area contributed by atoms with Gasteiger partial charge < -0.3 is 29.6 Å². The lowest BCUT2D eigenvalue weighted by molar-refractivity contribution is -0.0000422. The van der Waals surface area contributed by atoms with Gasteiger partial charge in [-0.05, 0) is 127 Å². The van der Waals surface area contributed by atoms with Crippen LogP contribution in [0.5, 0.6) is 0 Å². The van der Waals surface area contributed by atoms with Crippen LogP contribution in [0, 0.1) is 23.5 Å². The van der Waals surface area contributed by atoms with Gasteiger partial charge in [0.1, 0.15) is 11.6 Å². The Morgan fingerprint density at radius 1 is 0.654 bits per heavy atom. The molecule has 2 N–H and O–H groups in total. The van der Waals surface area contributed by atoms with Gasteiger partial charge in [-0.25, -0.2) is 8.78 Å². The summed E-state index contributed by atoms with van der Waals surface area (Å²) in [5, 5.41) is 8.46. The van der Waals surface area contributed by atoms with Gasteiger partial charge in [-0.3, -0.25) is 9.97 Å². The molecule has 0 amide bonds. The molecule has 0 spiro atoms. The van der Waals surface area contributed by atoms with E-state index in [4.69, 9.17) is 42.1 Å². The lowest BCUT2D eigenvalue weighted by Gasteiger charge is -2.38. The molecule has 2 aromatic rings. The average molecular weight is 770 g/mol. The van der Waals surface area contributed by atoms with Crippen LogP contribution < -0.4 is 10.6 Å². The molecule has 2 aliphatic heterocycles. The van der Waals surface area contributed by atoms with Crippen LogP contribution in [0.25, 0.3) is 0 Å². The van der Waals surface area contributed by atoms with E-state index in [1.807, 2.05) is 0 Å². The van der Waals surface area contributed by atoms with Crippen LogP contribution in [0.4, 0.5) is 8.78 Å². The molecule has 52 heavy (non-hydrogen) atoms. The second kappa shape index (κ2) is 21.0. The average Bonchev–Trinajstić information content (AvgIpc) is 3.14. The molecule has 2 aromatic heterocycles. The zero-order chi connectivity index (χ0) is 36.8. The van der Waals surface area contributed by atoms with Crippen molar-refractivity contribution >= 4 is 23.2 Å². The van der Waals surface area contributed by atoms with Gasteiger partial charge in [-0.1, -0.05) is 23.2 Å². The lowest BCUT2D eigenvalue weighted by Crippen LogP contribution is -2.53. The summed E-state index contributed by atoms with van der Waals surface area (Å²) in [5.74, 6) is 1.47. The fraction of sp³-hybridized carbons (Fsp3) is 0.750. The Bertz CT molecular complexity index is 1240. The number of hydrogen-bond acceptors (Lipinski definition) is 8. The quantitative estimate of drug-likeness (QED) is 0.198. The highest BCUT2D eigenvalue weighted by atomic mass is 35.5. The standard InChI is InChI=1S/2C20H30ClFN2O2/c2*1-25-14-20(7-10-26-11-8-20)24-9-6-15-2-4-16(5-3-15)19-18(21)12-17(22)13-23-19/h2*12-13,15-16,24H,2-11,14H2,1H3. The number of ether oxygens (including phenoxy) is 4. The molecule has 2 saturated heterocycles. The number of halogens is 4. The summed E-state index contributed by atoms with van der Waals surface area (Å²) in [6, 6.07) is 2.76. The van der Waals surface area contributed by atoms with Crippen molar-refractivity contribution in [3.05, 3.63) is 57.6 Å². The summed E-state index contributed by atoms with van der Waals surface area (Å²) in [5.41, 5.74) is 1.89. The van der Waals surface area contributed by atoms with Gasteiger partial charge in [0.25, 0.3) is 0 Å². The summed E-state index contributed by atoms with van der Waals surface area (Å²) in [6.45, 7) is 6.79. The highest BCUT2D eigenvalue weighted by Crippen LogP contribution is 2.40. The third-order valence-corrected chi connectivity index (χ3v) is 12.6. The molecule has 0 unspecified atom stereocenters. The SMILES string of the molecule is COCC1(NCCC2CCC(c3ncc(F)cc3Cl)CC2)CCOCC1.COCC1(NCCC2CCC(c3ncc(F)cc3Cl)CC2)CCOCC1. The monoisotopic (exact) mass is 768 g/mol. The van der Waals surface area contributed by atoms with Crippen LogP contribution in [0.2, 0.25) is 10.0 Å². The number of nitrogens with one attached hydrogen (secondary N) is 2. The number of hydrogen-bond donors (Lipinski definition) is 2. The molecule has 0 radical (unpaired) electrons. The van der Waals surface area contributed by atoms with Gasteiger partial charge in [-0.15, -0.1) is 0 Å². The molecule has 2 aliphatic carbocycles. The van der Waals surface area contributed by atoms with Crippen LogP contribution in [-0.2, 0) is 18.9 Å². The molecule has 4 heterocycles. The molecule has 292 valence electrons. The van der Waals surface area contributed by atoms with Crippen molar-refractivity contribution in [3.63, 3.8) is 0 Å². The molecular weight excluding hydrogens is 709 g/mol. The largest absolute Gasteiger partial charge is 0.383 e. The molecule has 4 aliphatic rings. The summed E-state index contributed by atoms with van der Waals surface area (Å²) < 4.78 is 48.3. The number of methoxy groups -OCH3 is 2. The minimum Gasteiger partial charge on any atom is -0.383 e. The molecule has 0 atom stereocenters. The zero-order valence-corrected chi connectivity index (χ0v) is 32.7. The topological polar surface area (TPSA) is 86.8 Å². The van der Waals surface area contributed by atoms with E-state index in [1.54, 1.807) is 14.2 Å². The van der Waals surface area contributed by atoms with E-state index in [0.29, 0.717) is 21.9 Å². The number of rotatable bonds is 14. The molecule has 12 heteroatoms. The van der Waals surface area contributed by atoms with Gasteiger partial charge in [0.05, 0.1) is 47.0 Å². The number of pyridine rings is 2. The normalized spacial score (nSPS) is 26.0. The second-order valence-electron chi connectivity index (χ2n) is 15.6. The van der Waals surface area contributed by atoms with Crippen molar-refractivity contribution in [3.8, 4) is 0 Å². The van der Waals surface area contributed by atoms with Crippen molar-refractivity contribution in [1.29, 1.82) is 0 Å². The third-order valence-electron chi connectivity index (χ3n) is 12.0. The van der Waals surface area contributed by atoms with Crippen LogP contribution in [-0.4, -0.2) is 88.0 Å². The Morgan fingerprint density at radius 2 is 1.02 bits per heavy atom. The van der Waals surface area contributed by atoms with Gasteiger partial charge in [-0.2, -0.15) is 0 Å². The zero-order valence-electron chi connectivity index (χ0n) is 31.2. The molecule has 4 fully saturated rings. The van der Waals surface area contributed by atoms with E-state index in [2.05, 4.69) is 20.6 Å². The van der Waals surface area contributed by atoms with E-state index in [-0.39, 0.29) is 22.7 Å². The van der Waals surface area contributed by atoms with Crippen molar-refractivity contribution in [2.75, 3.05) is 67.0 Å². The van der Waals surface area contributed by atoms with Gasteiger partial charge in [0.2, 0.25) is 0 Å². The number of aromatic nitrogens is 2. The van der Waals surface area contributed by atoms with Crippen molar-refractivity contribution in [2.24, 2.45) is 11.8 Å². The number of nitrogens with zero attached hydrogens (tertiary/aromatic N) is 2. The van der Waals surface area contributed by atoms with E-state index in [9.17, 15) is 8.78 Å². The van der Waals surface area contributed by atoms with Crippen molar-refractivity contribution < 1.29 is 27.7 Å². The maximum absolute atomic E-state index is 13.2. The molecule has 0 bridgehead atoms. The first-order chi connectivity index (χ1) is 25.2. The van der Waals surface area contributed by atoms with Crippen LogP contribution >= 0.6 is 23.2 Å². The summed E-state index contributed by atoms with van der Waals surface area (Å²) in [4.78, 5) is 8.47. The van der Waals surface area contributed by atoms with E-state index < -0.39 is 0 Å². The summed E-state index contributed by atoms with van der Waals surface area (Å²) in [7, 11) is 3.55. The van der Waals surface area contributed by atoms with E-state index >= 15 is 0 Å². The summed E-state index contributed by atoms with van der Waals surface area (Å²) >= 11 is 12.4. The molecule has 8 nitrogen and oxygen atoms in total. The highest BCUT2D eigenvalue weighted by molar-refractivity contribution is 6.31. The second-order valence-corrected chi connectivity index (χ2v) is 16.4. The molecule has 2 saturated carbocycles. The van der Waals surface area contributed by atoms with Crippen LogP contribution in [0.1, 0.15) is 113 Å².